The van der Waals surface area contributed by atoms with Gasteiger partial charge in [0.1, 0.15) is 29.5 Å². The minimum atomic E-state index is -0.396. The summed E-state index contributed by atoms with van der Waals surface area (Å²) in [6.07, 6.45) is 0.705. The van der Waals surface area contributed by atoms with Gasteiger partial charge in [0.15, 0.2) is 0 Å². The molecule has 0 spiro atoms. The summed E-state index contributed by atoms with van der Waals surface area (Å²) in [5.41, 5.74) is 1.65. The van der Waals surface area contributed by atoms with Gasteiger partial charge in [0.2, 0.25) is 0 Å². The number of ether oxygens (including phenoxy) is 2. The summed E-state index contributed by atoms with van der Waals surface area (Å²) in [5.74, 6) is 1.06. The second-order valence-electron chi connectivity index (χ2n) is 8.61. The Morgan fingerprint density at radius 1 is 1.09 bits per heavy atom. The second kappa shape index (κ2) is 10.1. The molecule has 182 valence electrons. The van der Waals surface area contributed by atoms with E-state index in [1.807, 2.05) is 36.4 Å². The van der Waals surface area contributed by atoms with Crippen LogP contribution < -0.4 is 14.5 Å². The van der Waals surface area contributed by atoms with Crippen molar-refractivity contribution in [1.29, 1.82) is 0 Å². The number of hydrogen-bond acceptors (Lipinski definition) is 6. The van der Waals surface area contributed by atoms with Crippen LogP contribution in [0.3, 0.4) is 0 Å². The lowest BCUT2D eigenvalue weighted by atomic mass is 9.99. The molecule has 2 aliphatic rings. The lowest BCUT2D eigenvalue weighted by Gasteiger charge is -2.37. The Morgan fingerprint density at radius 3 is 2.57 bits per heavy atom. The van der Waals surface area contributed by atoms with E-state index in [1.54, 1.807) is 24.1 Å². The third-order valence-electron chi connectivity index (χ3n) is 6.46. The standard InChI is InChI=1S/C26H26ClFN4O3/c1-34-22-4-2-3-18(15-22)25-23(35-26(33)32(25)21-7-5-19(27)6-8-21)17-30-11-13-31(14-12-30)24-16-20(28)9-10-29-24/h2-10,15-16,23,25H,11-14,17H2,1H3/t23-,25-/m0/s1. The van der Waals surface area contributed by atoms with Crippen molar-refractivity contribution in [2.75, 3.05) is 49.6 Å². The van der Waals surface area contributed by atoms with Crippen LogP contribution in [0.2, 0.25) is 5.02 Å². The SMILES string of the molecule is COc1cccc([C@H]2[C@H](CN3CCN(c4cc(F)ccn4)CC3)OC(=O)N2c2ccc(Cl)cc2)c1. The zero-order valence-corrected chi connectivity index (χ0v) is 20.1. The fourth-order valence-corrected chi connectivity index (χ4v) is 4.83. The van der Waals surface area contributed by atoms with E-state index in [0.29, 0.717) is 36.2 Å². The molecule has 2 atom stereocenters. The molecular weight excluding hydrogens is 471 g/mol. The van der Waals surface area contributed by atoms with Gasteiger partial charge >= 0.3 is 6.09 Å². The number of nitrogens with zero attached hydrogens (tertiary/aromatic N) is 4. The molecule has 1 aromatic heterocycles. The highest BCUT2D eigenvalue weighted by Gasteiger charge is 2.44. The lowest BCUT2D eigenvalue weighted by molar-refractivity contribution is 0.0939. The smallest absolute Gasteiger partial charge is 0.415 e. The number of cyclic esters (lactones) is 1. The third-order valence-corrected chi connectivity index (χ3v) is 6.71. The van der Waals surface area contributed by atoms with Gasteiger partial charge in [-0.25, -0.2) is 14.2 Å². The van der Waals surface area contributed by atoms with Crippen molar-refractivity contribution in [1.82, 2.24) is 9.88 Å². The summed E-state index contributed by atoms with van der Waals surface area (Å²) in [6, 6.07) is 17.4. The lowest BCUT2D eigenvalue weighted by Crippen LogP contribution is -2.49. The van der Waals surface area contributed by atoms with E-state index in [1.165, 1.54) is 18.3 Å². The van der Waals surface area contributed by atoms with Crippen molar-refractivity contribution in [3.8, 4) is 5.75 Å². The Hall–Kier alpha value is -3.36. The summed E-state index contributed by atoms with van der Waals surface area (Å²) in [7, 11) is 1.62. The number of anilines is 2. The van der Waals surface area contributed by atoms with E-state index in [-0.39, 0.29) is 18.0 Å². The number of rotatable bonds is 6. The monoisotopic (exact) mass is 496 g/mol. The Morgan fingerprint density at radius 2 is 1.86 bits per heavy atom. The van der Waals surface area contributed by atoms with Crippen molar-refractivity contribution in [3.63, 3.8) is 0 Å². The van der Waals surface area contributed by atoms with E-state index in [0.717, 1.165) is 24.3 Å². The van der Waals surface area contributed by atoms with Crippen molar-refractivity contribution in [2.45, 2.75) is 12.1 Å². The molecule has 0 radical (unpaired) electrons. The Bertz CT molecular complexity index is 1190. The first-order valence-electron chi connectivity index (χ1n) is 11.5. The van der Waals surface area contributed by atoms with Gasteiger partial charge in [-0.3, -0.25) is 9.80 Å². The number of benzene rings is 2. The van der Waals surface area contributed by atoms with Crippen LogP contribution in [0, 0.1) is 5.82 Å². The average molecular weight is 497 g/mol. The molecule has 2 saturated heterocycles. The number of hydrogen-bond donors (Lipinski definition) is 0. The molecule has 2 aromatic carbocycles. The zero-order valence-electron chi connectivity index (χ0n) is 19.3. The molecule has 0 unspecified atom stereocenters. The largest absolute Gasteiger partial charge is 0.497 e. The number of methoxy groups -OCH3 is 1. The van der Waals surface area contributed by atoms with Crippen molar-refractivity contribution in [3.05, 3.63) is 83.3 Å². The van der Waals surface area contributed by atoms with Crippen LogP contribution in [0.1, 0.15) is 11.6 Å². The normalized spacial score (nSPS) is 20.7. The van der Waals surface area contributed by atoms with Gasteiger partial charge in [-0.15, -0.1) is 0 Å². The molecule has 0 N–H and O–H groups in total. The molecule has 1 amide bonds. The molecule has 3 aromatic rings. The zero-order chi connectivity index (χ0) is 24.4. The van der Waals surface area contributed by atoms with E-state index >= 15 is 0 Å². The third kappa shape index (κ3) is 5.04. The summed E-state index contributed by atoms with van der Waals surface area (Å²) in [6.45, 7) is 3.49. The topological polar surface area (TPSA) is 58.1 Å². The number of piperazine rings is 1. The maximum atomic E-state index is 13.6. The Labute approximate surface area is 208 Å². The van der Waals surface area contributed by atoms with E-state index in [9.17, 15) is 9.18 Å². The van der Waals surface area contributed by atoms with Crippen LogP contribution in [-0.4, -0.2) is 61.9 Å². The second-order valence-corrected chi connectivity index (χ2v) is 9.05. The first-order chi connectivity index (χ1) is 17.0. The summed E-state index contributed by atoms with van der Waals surface area (Å²) >= 11 is 6.08. The molecule has 9 heteroatoms. The Kier molecular flexibility index (Phi) is 6.74. The van der Waals surface area contributed by atoms with Crippen LogP contribution in [0.5, 0.6) is 5.75 Å². The van der Waals surface area contributed by atoms with Gasteiger partial charge in [0.25, 0.3) is 0 Å². The average Bonchev–Trinajstić information content (AvgIpc) is 3.20. The van der Waals surface area contributed by atoms with Gasteiger partial charge in [0.05, 0.1) is 7.11 Å². The van der Waals surface area contributed by atoms with E-state index in [4.69, 9.17) is 21.1 Å². The van der Waals surface area contributed by atoms with Crippen LogP contribution in [0.25, 0.3) is 0 Å². The molecule has 5 rings (SSSR count). The highest BCUT2D eigenvalue weighted by atomic mass is 35.5. The van der Waals surface area contributed by atoms with Gasteiger partial charge in [-0.1, -0.05) is 23.7 Å². The van der Waals surface area contributed by atoms with Crippen LogP contribution in [0.15, 0.2) is 66.9 Å². The molecular formula is C26H26ClFN4O3. The van der Waals surface area contributed by atoms with Crippen molar-refractivity contribution in [2.24, 2.45) is 0 Å². The number of aromatic nitrogens is 1. The minimum absolute atomic E-state index is 0.293. The fourth-order valence-electron chi connectivity index (χ4n) is 4.71. The predicted octanol–water partition coefficient (Wildman–Crippen LogP) is 4.77. The number of amides is 1. The van der Waals surface area contributed by atoms with Gasteiger partial charge in [-0.05, 0) is 48.0 Å². The number of carbonyl (C=O) groups is 1. The predicted molar refractivity (Wildman–Crippen MR) is 133 cm³/mol. The Balaban J connectivity index is 1.36. The highest BCUT2D eigenvalue weighted by molar-refractivity contribution is 6.30. The first kappa shape index (κ1) is 23.4. The summed E-state index contributed by atoms with van der Waals surface area (Å²) < 4.78 is 25.0. The van der Waals surface area contributed by atoms with Gasteiger partial charge in [-0.2, -0.15) is 0 Å². The van der Waals surface area contributed by atoms with Gasteiger partial charge < -0.3 is 14.4 Å². The fraction of sp³-hybridized carbons (Fsp3) is 0.308. The maximum Gasteiger partial charge on any atom is 0.415 e. The van der Waals surface area contributed by atoms with Crippen LogP contribution >= 0.6 is 11.6 Å². The van der Waals surface area contributed by atoms with Crippen LogP contribution in [-0.2, 0) is 4.74 Å². The molecule has 2 aliphatic heterocycles. The molecule has 0 saturated carbocycles. The molecule has 0 bridgehead atoms. The first-order valence-corrected chi connectivity index (χ1v) is 11.9. The molecule has 35 heavy (non-hydrogen) atoms. The van der Waals surface area contributed by atoms with Gasteiger partial charge in [0, 0.05) is 55.7 Å². The van der Waals surface area contributed by atoms with E-state index < -0.39 is 6.09 Å². The van der Waals surface area contributed by atoms with Crippen molar-refractivity contribution < 1.29 is 18.7 Å². The van der Waals surface area contributed by atoms with Crippen molar-refractivity contribution >= 4 is 29.2 Å². The molecule has 2 fully saturated rings. The number of pyridine rings is 1. The quantitative estimate of drug-likeness (QED) is 0.490. The maximum absolute atomic E-state index is 13.6. The van der Waals surface area contributed by atoms with E-state index in [2.05, 4.69) is 14.8 Å². The highest BCUT2D eigenvalue weighted by Crippen LogP contribution is 2.39. The molecule has 0 aliphatic carbocycles. The molecule has 7 nitrogen and oxygen atoms in total. The summed E-state index contributed by atoms with van der Waals surface area (Å²) in [4.78, 5) is 23.4. The number of halogens is 2. The number of carbonyl (C=O) groups excluding carboxylic acids is 1. The van der Waals surface area contributed by atoms with Crippen LogP contribution in [0.4, 0.5) is 20.7 Å². The minimum Gasteiger partial charge on any atom is -0.497 e. The molecule has 3 heterocycles. The summed E-state index contributed by atoms with van der Waals surface area (Å²) in [5, 5.41) is 0.599.